The summed E-state index contributed by atoms with van der Waals surface area (Å²) in [7, 11) is 0. The molecule has 2 N–H and O–H groups in total. The summed E-state index contributed by atoms with van der Waals surface area (Å²) >= 11 is 0. The first-order chi connectivity index (χ1) is 7.49. The average molecular weight is 225 g/mol. The van der Waals surface area contributed by atoms with Crippen LogP contribution in [0.1, 0.15) is 39.5 Å². The van der Waals surface area contributed by atoms with Gasteiger partial charge in [0.2, 0.25) is 5.91 Å². The van der Waals surface area contributed by atoms with Gasteiger partial charge >= 0.3 is 5.97 Å². The molecule has 0 aromatic rings. The molecular formula is C12H19NO3. The van der Waals surface area contributed by atoms with E-state index in [-0.39, 0.29) is 18.4 Å². The number of aliphatic carboxylic acids is 1. The number of carbonyl (C=O) groups excluding carboxylic acids is 1. The van der Waals surface area contributed by atoms with Crippen molar-refractivity contribution in [1.29, 1.82) is 0 Å². The van der Waals surface area contributed by atoms with Crippen molar-refractivity contribution in [2.24, 2.45) is 5.92 Å². The monoisotopic (exact) mass is 225 g/mol. The second-order valence-electron chi connectivity index (χ2n) is 4.50. The van der Waals surface area contributed by atoms with E-state index in [1.54, 1.807) is 6.08 Å². The third-order valence-electron chi connectivity index (χ3n) is 2.76. The van der Waals surface area contributed by atoms with Crippen LogP contribution in [0.5, 0.6) is 0 Å². The second-order valence-corrected chi connectivity index (χ2v) is 4.50. The van der Waals surface area contributed by atoms with Crippen LogP contribution in [0.4, 0.5) is 0 Å². The average Bonchev–Trinajstić information content (AvgIpc) is 2.97. The van der Waals surface area contributed by atoms with Crippen molar-refractivity contribution in [2.75, 3.05) is 0 Å². The molecule has 0 bridgehead atoms. The van der Waals surface area contributed by atoms with Gasteiger partial charge < -0.3 is 10.4 Å². The first-order valence-electron chi connectivity index (χ1n) is 5.69. The van der Waals surface area contributed by atoms with E-state index in [2.05, 4.69) is 5.32 Å². The number of carboxylic acid groups (broad SMARTS) is 1. The number of hydrogen-bond donors (Lipinski definition) is 2. The molecule has 0 aliphatic heterocycles. The Morgan fingerprint density at radius 1 is 1.50 bits per heavy atom. The fraction of sp³-hybridized carbons (Fsp3) is 0.667. The van der Waals surface area contributed by atoms with Gasteiger partial charge in [-0.3, -0.25) is 9.59 Å². The number of amides is 1. The largest absolute Gasteiger partial charge is 0.481 e. The summed E-state index contributed by atoms with van der Waals surface area (Å²) in [5.41, 5.74) is 1.13. The Morgan fingerprint density at radius 3 is 2.62 bits per heavy atom. The van der Waals surface area contributed by atoms with Crippen molar-refractivity contribution in [2.45, 2.75) is 45.6 Å². The van der Waals surface area contributed by atoms with Crippen LogP contribution in [-0.4, -0.2) is 23.0 Å². The Balaban J connectivity index is 2.27. The molecule has 0 heterocycles. The van der Waals surface area contributed by atoms with Crippen molar-refractivity contribution < 1.29 is 14.7 Å². The highest BCUT2D eigenvalue weighted by atomic mass is 16.4. The van der Waals surface area contributed by atoms with E-state index in [0.29, 0.717) is 12.3 Å². The highest BCUT2D eigenvalue weighted by molar-refractivity contribution is 5.88. The zero-order chi connectivity index (χ0) is 12.1. The molecule has 4 nitrogen and oxygen atoms in total. The molecule has 0 radical (unpaired) electrons. The molecule has 1 fully saturated rings. The minimum absolute atomic E-state index is 0.0900. The summed E-state index contributed by atoms with van der Waals surface area (Å²) in [6.07, 6.45) is 4.56. The Kier molecular flexibility index (Phi) is 4.52. The molecule has 1 unspecified atom stereocenters. The van der Waals surface area contributed by atoms with Gasteiger partial charge in [-0.2, -0.15) is 0 Å². The molecule has 0 saturated heterocycles. The summed E-state index contributed by atoms with van der Waals surface area (Å²) in [5, 5.41) is 11.3. The molecule has 0 aromatic heterocycles. The Labute approximate surface area is 95.7 Å². The van der Waals surface area contributed by atoms with E-state index < -0.39 is 5.97 Å². The number of rotatable bonds is 6. The summed E-state index contributed by atoms with van der Waals surface area (Å²) in [6, 6.07) is -0.0909. The predicted molar refractivity (Wildman–Crippen MR) is 61.0 cm³/mol. The van der Waals surface area contributed by atoms with Gasteiger partial charge in [-0.25, -0.2) is 0 Å². The van der Waals surface area contributed by atoms with Crippen LogP contribution in [0, 0.1) is 5.92 Å². The minimum Gasteiger partial charge on any atom is -0.481 e. The van der Waals surface area contributed by atoms with E-state index >= 15 is 0 Å². The van der Waals surface area contributed by atoms with Crippen LogP contribution < -0.4 is 5.32 Å². The maximum Gasteiger partial charge on any atom is 0.303 e. The van der Waals surface area contributed by atoms with Crippen LogP contribution in [0.15, 0.2) is 11.6 Å². The maximum atomic E-state index is 11.5. The fourth-order valence-electron chi connectivity index (χ4n) is 1.56. The number of carboxylic acids is 1. The minimum atomic E-state index is -0.828. The van der Waals surface area contributed by atoms with E-state index in [1.807, 2.05) is 13.8 Å². The first-order valence-corrected chi connectivity index (χ1v) is 5.69. The summed E-state index contributed by atoms with van der Waals surface area (Å²) in [5.74, 6) is -0.340. The van der Waals surface area contributed by atoms with E-state index in [1.165, 1.54) is 12.8 Å². The lowest BCUT2D eigenvalue weighted by Crippen LogP contribution is -2.31. The van der Waals surface area contributed by atoms with Gasteiger partial charge in [0.25, 0.3) is 0 Å². The SMILES string of the molecule is C/C(=C/C(=O)NC(C)CCC(=O)O)C1CC1. The zero-order valence-corrected chi connectivity index (χ0v) is 9.82. The molecule has 0 spiro atoms. The molecule has 1 amide bonds. The molecule has 16 heavy (non-hydrogen) atoms. The first kappa shape index (κ1) is 12.7. The van der Waals surface area contributed by atoms with Crippen LogP contribution >= 0.6 is 0 Å². The molecule has 1 saturated carbocycles. The number of nitrogens with one attached hydrogen (secondary N) is 1. The predicted octanol–water partition coefficient (Wildman–Crippen LogP) is 1.71. The van der Waals surface area contributed by atoms with Gasteiger partial charge in [0, 0.05) is 18.5 Å². The van der Waals surface area contributed by atoms with Crippen molar-refractivity contribution >= 4 is 11.9 Å². The molecule has 1 aliphatic carbocycles. The van der Waals surface area contributed by atoms with Gasteiger partial charge in [0.1, 0.15) is 0 Å². The molecular weight excluding hydrogens is 206 g/mol. The molecule has 90 valence electrons. The summed E-state index contributed by atoms with van der Waals surface area (Å²) in [6.45, 7) is 3.79. The van der Waals surface area contributed by atoms with Gasteiger partial charge in [0.05, 0.1) is 0 Å². The number of allylic oxidation sites excluding steroid dienone is 1. The van der Waals surface area contributed by atoms with Gasteiger partial charge in [-0.1, -0.05) is 5.57 Å². The van der Waals surface area contributed by atoms with Crippen molar-refractivity contribution in [3.63, 3.8) is 0 Å². The molecule has 4 heteroatoms. The number of hydrogen-bond acceptors (Lipinski definition) is 2. The van der Waals surface area contributed by atoms with Gasteiger partial charge in [-0.15, -0.1) is 0 Å². The van der Waals surface area contributed by atoms with Crippen molar-refractivity contribution in [3.05, 3.63) is 11.6 Å². The Morgan fingerprint density at radius 2 is 2.12 bits per heavy atom. The summed E-state index contributed by atoms with van der Waals surface area (Å²) in [4.78, 5) is 21.8. The van der Waals surface area contributed by atoms with Crippen LogP contribution in [0.2, 0.25) is 0 Å². The molecule has 0 aromatic carbocycles. The van der Waals surface area contributed by atoms with E-state index in [9.17, 15) is 9.59 Å². The molecule has 1 atom stereocenters. The quantitative estimate of drug-likeness (QED) is 0.676. The number of carbonyl (C=O) groups is 2. The Hall–Kier alpha value is -1.32. The van der Waals surface area contributed by atoms with Crippen molar-refractivity contribution in [3.8, 4) is 0 Å². The third-order valence-corrected chi connectivity index (χ3v) is 2.76. The van der Waals surface area contributed by atoms with Gasteiger partial charge in [0.15, 0.2) is 0 Å². The highest BCUT2D eigenvalue weighted by Crippen LogP contribution is 2.35. The lowest BCUT2D eigenvalue weighted by atomic mass is 10.1. The lowest BCUT2D eigenvalue weighted by molar-refractivity contribution is -0.137. The highest BCUT2D eigenvalue weighted by Gasteiger charge is 2.23. The fourth-order valence-corrected chi connectivity index (χ4v) is 1.56. The molecule has 1 rings (SSSR count). The summed E-state index contributed by atoms with van der Waals surface area (Å²) < 4.78 is 0. The van der Waals surface area contributed by atoms with Crippen molar-refractivity contribution in [1.82, 2.24) is 5.32 Å². The standard InChI is InChI=1S/C12H19NO3/c1-8(10-4-5-10)7-11(14)13-9(2)3-6-12(15)16/h7,9-10H,3-6H2,1-2H3,(H,13,14)(H,15,16)/b8-7-. The van der Waals surface area contributed by atoms with Gasteiger partial charge in [-0.05, 0) is 39.0 Å². The lowest BCUT2D eigenvalue weighted by Gasteiger charge is -2.11. The van der Waals surface area contributed by atoms with Crippen LogP contribution in [0.3, 0.4) is 0 Å². The van der Waals surface area contributed by atoms with E-state index in [0.717, 1.165) is 5.57 Å². The van der Waals surface area contributed by atoms with Crippen LogP contribution in [0.25, 0.3) is 0 Å². The smallest absolute Gasteiger partial charge is 0.303 e. The topological polar surface area (TPSA) is 66.4 Å². The Bertz CT molecular complexity index is 305. The zero-order valence-electron chi connectivity index (χ0n) is 9.82. The van der Waals surface area contributed by atoms with Crippen LogP contribution in [-0.2, 0) is 9.59 Å². The second kappa shape index (κ2) is 5.68. The maximum absolute atomic E-state index is 11.5. The third kappa shape index (κ3) is 4.96. The molecule has 1 aliphatic rings. The van der Waals surface area contributed by atoms with E-state index in [4.69, 9.17) is 5.11 Å². The normalized spacial score (nSPS) is 18.0.